The number of hydrogen-bond donors (Lipinski definition) is 1. The molecule has 0 bridgehead atoms. The van der Waals surface area contributed by atoms with Crippen molar-refractivity contribution in [2.75, 3.05) is 0 Å². The van der Waals surface area contributed by atoms with Crippen molar-refractivity contribution in [3.8, 4) is 12.3 Å². The number of aliphatic hydroxyl groups excluding tert-OH is 1. The van der Waals surface area contributed by atoms with Crippen molar-refractivity contribution < 1.29 is 5.11 Å². The minimum atomic E-state index is -0.514. The average molecular weight is 124 g/mol. The van der Waals surface area contributed by atoms with Gasteiger partial charge in [0.05, 0.1) is 0 Å². The van der Waals surface area contributed by atoms with Crippen LogP contribution in [0.15, 0.2) is 0 Å². The third kappa shape index (κ3) is 1.09. The maximum Gasteiger partial charge on any atom is 0.117 e. The van der Waals surface area contributed by atoms with Gasteiger partial charge in [-0.2, -0.15) is 0 Å². The van der Waals surface area contributed by atoms with Crippen molar-refractivity contribution in [3.05, 3.63) is 0 Å². The normalized spacial score (nSPS) is 32.9. The lowest BCUT2D eigenvalue weighted by atomic mass is 10.1. The number of rotatable bonds is 1. The smallest absolute Gasteiger partial charge is 0.117 e. The van der Waals surface area contributed by atoms with Gasteiger partial charge in [-0.3, -0.25) is 0 Å². The minimum absolute atomic E-state index is 0.297. The van der Waals surface area contributed by atoms with Crippen LogP contribution in [0, 0.1) is 23.7 Å². The Balaban J connectivity index is 2.45. The minimum Gasteiger partial charge on any atom is -0.380 e. The second kappa shape index (κ2) is 1.75. The zero-order valence-electron chi connectivity index (χ0n) is 5.89. The van der Waals surface area contributed by atoms with E-state index in [-0.39, 0.29) is 0 Å². The first-order valence-electron chi connectivity index (χ1n) is 3.22. The zero-order valence-corrected chi connectivity index (χ0v) is 5.89. The predicted molar refractivity (Wildman–Crippen MR) is 36.7 cm³/mol. The van der Waals surface area contributed by atoms with E-state index in [1.54, 1.807) is 0 Å². The Morgan fingerprint density at radius 1 is 1.78 bits per heavy atom. The molecule has 1 nitrogen and oxygen atoms in total. The molecule has 0 spiro atoms. The SMILES string of the molecule is C#C[C@@H](O)C1CC1(C)C. The van der Waals surface area contributed by atoms with Crippen LogP contribution in [-0.2, 0) is 0 Å². The molecular weight excluding hydrogens is 112 g/mol. The van der Waals surface area contributed by atoms with Crippen LogP contribution in [-0.4, -0.2) is 11.2 Å². The molecule has 2 atom stereocenters. The standard InChI is InChI=1S/C8H12O/c1-4-7(9)6-5-8(6,2)3/h1,6-7,9H,5H2,2-3H3/t6?,7-/m1/s1. The molecule has 1 saturated carbocycles. The monoisotopic (exact) mass is 124 g/mol. The van der Waals surface area contributed by atoms with Gasteiger partial charge in [0, 0.05) is 5.92 Å². The fraction of sp³-hybridized carbons (Fsp3) is 0.750. The third-order valence-corrected chi connectivity index (χ3v) is 2.14. The van der Waals surface area contributed by atoms with Gasteiger partial charge in [0.1, 0.15) is 6.10 Å². The summed E-state index contributed by atoms with van der Waals surface area (Å²) in [6, 6.07) is 0. The molecule has 1 unspecified atom stereocenters. The van der Waals surface area contributed by atoms with Gasteiger partial charge >= 0.3 is 0 Å². The molecular formula is C8H12O. The lowest BCUT2D eigenvalue weighted by Crippen LogP contribution is -2.09. The van der Waals surface area contributed by atoms with Crippen LogP contribution in [0.1, 0.15) is 20.3 Å². The van der Waals surface area contributed by atoms with Gasteiger partial charge in [0.15, 0.2) is 0 Å². The quantitative estimate of drug-likeness (QED) is 0.517. The van der Waals surface area contributed by atoms with E-state index in [0.29, 0.717) is 11.3 Å². The fourth-order valence-electron chi connectivity index (χ4n) is 1.16. The van der Waals surface area contributed by atoms with E-state index in [1.165, 1.54) is 0 Å². The molecule has 0 aromatic carbocycles. The Morgan fingerprint density at radius 3 is 2.33 bits per heavy atom. The molecule has 1 rings (SSSR count). The topological polar surface area (TPSA) is 20.2 Å². The lowest BCUT2D eigenvalue weighted by Gasteiger charge is -2.03. The molecule has 0 aromatic rings. The van der Waals surface area contributed by atoms with Gasteiger partial charge in [-0.05, 0) is 11.8 Å². The van der Waals surface area contributed by atoms with Gasteiger partial charge < -0.3 is 5.11 Å². The molecule has 1 aliphatic carbocycles. The van der Waals surface area contributed by atoms with E-state index >= 15 is 0 Å². The van der Waals surface area contributed by atoms with E-state index in [2.05, 4.69) is 19.8 Å². The van der Waals surface area contributed by atoms with Crippen molar-refractivity contribution in [1.82, 2.24) is 0 Å². The van der Waals surface area contributed by atoms with Gasteiger partial charge in [-0.1, -0.05) is 19.8 Å². The molecule has 1 N–H and O–H groups in total. The van der Waals surface area contributed by atoms with Crippen LogP contribution in [0.5, 0.6) is 0 Å². The molecule has 1 heteroatoms. The summed E-state index contributed by atoms with van der Waals surface area (Å²) >= 11 is 0. The van der Waals surface area contributed by atoms with E-state index in [9.17, 15) is 0 Å². The molecule has 0 amide bonds. The van der Waals surface area contributed by atoms with Crippen molar-refractivity contribution >= 4 is 0 Å². The third-order valence-electron chi connectivity index (χ3n) is 2.14. The Bertz CT molecular complexity index is 152. The highest BCUT2D eigenvalue weighted by molar-refractivity contribution is 5.09. The van der Waals surface area contributed by atoms with Crippen molar-refractivity contribution in [3.63, 3.8) is 0 Å². The summed E-state index contributed by atoms with van der Waals surface area (Å²) in [4.78, 5) is 0. The summed E-state index contributed by atoms with van der Waals surface area (Å²) in [5.74, 6) is 2.69. The molecule has 0 aromatic heterocycles. The van der Waals surface area contributed by atoms with E-state index in [0.717, 1.165) is 6.42 Å². The molecule has 50 valence electrons. The number of aliphatic hydroxyl groups is 1. The van der Waals surface area contributed by atoms with E-state index in [4.69, 9.17) is 11.5 Å². The van der Waals surface area contributed by atoms with Gasteiger partial charge in [0.2, 0.25) is 0 Å². The Morgan fingerprint density at radius 2 is 2.22 bits per heavy atom. The summed E-state index contributed by atoms with van der Waals surface area (Å²) in [5.41, 5.74) is 0.297. The molecule has 1 aliphatic rings. The summed E-state index contributed by atoms with van der Waals surface area (Å²) in [7, 11) is 0. The first-order valence-corrected chi connectivity index (χ1v) is 3.22. The summed E-state index contributed by atoms with van der Waals surface area (Å²) in [6.07, 6.45) is 5.59. The highest BCUT2D eigenvalue weighted by Gasteiger charge is 2.49. The van der Waals surface area contributed by atoms with Crippen molar-refractivity contribution in [2.24, 2.45) is 11.3 Å². The second-order valence-electron chi connectivity index (χ2n) is 3.41. The molecule has 0 radical (unpaired) electrons. The van der Waals surface area contributed by atoms with Crippen LogP contribution in [0.4, 0.5) is 0 Å². The largest absolute Gasteiger partial charge is 0.380 e. The maximum absolute atomic E-state index is 9.10. The van der Waals surface area contributed by atoms with Gasteiger partial charge in [-0.15, -0.1) is 6.42 Å². The van der Waals surface area contributed by atoms with Crippen LogP contribution < -0.4 is 0 Å². The molecule has 0 aliphatic heterocycles. The van der Waals surface area contributed by atoms with E-state index < -0.39 is 6.10 Å². The van der Waals surface area contributed by atoms with Crippen molar-refractivity contribution in [2.45, 2.75) is 26.4 Å². The summed E-state index contributed by atoms with van der Waals surface area (Å²) in [5, 5.41) is 9.10. The van der Waals surface area contributed by atoms with E-state index in [1.807, 2.05) is 0 Å². The molecule has 0 saturated heterocycles. The molecule has 9 heavy (non-hydrogen) atoms. The zero-order chi connectivity index (χ0) is 7.07. The number of terminal acetylenes is 1. The van der Waals surface area contributed by atoms with Gasteiger partial charge in [-0.25, -0.2) is 0 Å². The van der Waals surface area contributed by atoms with Crippen molar-refractivity contribution in [1.29, 1.82) is 0 Å². The van der Waals surface area contributed by atoms with Crippen LogP contribution in [0.25, 0.3) is 0 Å². The first kappa shape index (κ1) is 6.64. The predicted octanol–water partition coefficient (Wildman–Crippen LogP) is 1.03. The fourth-order valence-corrected chi connectivity index (χ4v) is 1.16. The summed E-state index contributed by atoms with van der Waals surface area (Å²) in [6.45, 7) is 4.25. The highest BCUT2D eigenvalue weighted by Crippen LogP contribution is 2.53. The highest BCUT2D eigenvalue weighted by atomic mass is 16.3. The van der Waals surface area contributed by atoms with Crippen LogP contribution in [0.3, 0.4) is 0 Å². The average Bonchev–Trinajstić information content (AvgIpc) is 2.38. The Labute approximate surface area is 56.1 Å². The number of hydrogen-bond acceptors (Lipinski definition) is 1. The van der Waals surface area contributed by atoms with Crippen LogP contribution in [0.2, 0.25) is 0 Å². The first-order chi connectivity index (χ1) is 4.08. The van der Waals surface area contributed by atoms with Crippen LogP contribution >= 0.6 is 0 Å². The molecule has 1 fully saturated rings. The second-order valence-corrected chi connectivity index (χ2v) is 3.41. The van der Waals surface area contributed by atoms with Gasteiger partial charge in [0.25, 0.3) is 0 Å². The molecule has 0 heterocycles. The summed E-state index contributed by atoms with van der Waals surface area (Å²) < 4.78 is 0. The lowest BCUT2D eigenvalue weighted by molar-refractivity contribution is 0.192. The Kier molecular flexibility index (Phi) is 1.29. The maximum atomic E-state index is 9.10. The Hall–Kier alpha value is -0.480.